The Hall–Kier alpha value is -1.40. The highest BCUT2D eigenvalue weighted by Gasteiger charge is 2.06. The first-order chi connectivity index (χ1) is 8.63. The van der Waals surface area contributed by atoms with Gasteiger partial charge in [0.1, 0.15) is 5.82 Å². The summed E-state index contributed by atoms with van der Waals surface area (Å²) in [5, 5.41) is 5.20. The highest BCUT2D eigenvalue weighted by molar-refractivity contribution is 8.00. The van der Waals surface area contributed by atoms with E-state index < -0.39 is 0 Å². The number of nitrogens with zero attached hydrogens (tertiary/aromatic N) is 1. The molecule has 2 rings (SSSR count). The molecule has 0 aliphatic heterocycles. The Morgan fingerprint density at radius 2 is 2.17 bits per heavy atom. The maximum absolute atomic E-state index is 12.7. The summed E-state index contributed by atoms with van der Waals surface area (Å²) in [5.41, 5.74) is 0.890. The summed E-state index contributed by atoms with van der Waals surface area (Å²) in [6, 6.07) is 6.07. The molecule has 1 aromatic heterocycles. The van der Waals surface area contributed by atoms with Gasteiger partial charge < -0.3 is 5.32 Å². The van der Waals surface area contributed by atoms with E-state index in [9.17, 15) is 9.18 Å². The summed E-state index contributed by atoms with van der Waals surface area (Å²) in [5.74, 6) is -0.106. The Labute approximate surface area is 112 Å². The van der Waals surface area contributed by atoms with Crippen LogP contribution in [0.2, 0.25) is 0 Å². The lowest BCUT2D eigenvalue weighted by Crippen LogP contribution is -2.13. The van der Waals surface area contributed by atoms with Crippen LogP contribution < -0.4 is 5.32 Å². The van der Waals surface area contributed by atoms with Gasteiger partial charge in [-0.2, -0.15) is 0 Å². The van der Waals surface area contributed by atoms with Gasteiger partial charge in [0, 0.05) is 10.3 Å². The lowest BCUT2D eigenvalue weighted by Gasteiger charge is -2.02. The molecule has 0 atom stereocenters. The molecule has 1 N–H and O–H groups in total. The van der Waals surface area contributed by atoms with Crippen LogP contribution in [0.25, 0.3) is 0 Å². The van der Waals surface area contributed by atoms with Crippen molar-refractivity contribution in [3.8, 4) is 0 Å². The SMILES string of the molecule is Cc1csc(NC(=O)CSc2ccc(F)cc2)n1. The molecule has 0 bridgehead atoms. The summed E-state index contributed by atoms with van der Waals surface area (Å²) < 4.78 is 12.7. The standard InChI is InChI=1S/C12H11FN2OS2/c1-8-6-18-12(14-8)15-11(16)7-17-10-4-2-9(13)3-5-10/h2-6H,7H2,1H3,(H,14,15,16). The molecule has 1 heterocycles. The van der Waals surface area contributed by atoms with Crippen LogP contribution >= 0.6 is 23.1 Å². The molecule has 0 radical (unpaired) electrons. The Kier molecular flexibility index (Phi) is 4.33. The number of aryl methyl sites for hydroxylation is 1. The lowest BCUT2D eigenvalue weighted by atomic mass is 10.4. The average molecular weight is 282 g/mol. The Morgan fingerprint density at radius 3 is 2.78 bits per heavy atom. The van der Waals surface area contributed by atoms with Crippen molar-refractivity contribution in [2.45, 2.75) is 11.8 Å². The van der Waals surface area contributed by atoms with E-state index in [4.69, 9.17) is 0 Å². The fourth-order valence-electron chi connectivity index (χ4n) is 1.25. The summed E-state index contributed by atoms with van der Waals surface area (Å²) >= 11 is 2.76. The summed E-state index contributed by atoms with van der Waals surface area (Å²) in [6.07, 6.45) is 0. The normalized spacial score (nSPS) is 10.3. The van der Waals surface area contributed by atoms with Gasteiger partial charge in [0.15, 0.2) is 5.13 Å². The van der Waals surface area contributed by atoms with Gasteiger partial charge >= 0.3 is 0 Å². The molecular formula is C12H11FN2OS2. The van der Waals surface area contributed by atoms with E-state index in [0.717, 1.165) is 10.6 Å². The second-order valence-electron chi connectivity index (χ2n) is 3.58. The molecule has 1 amide bonds. The molecule has 3 nitrogen and oxygen atoms in total. The lowest BCUT2D eigenvalue weighted by molar-refractivity contribution is -0.113. The number of nitrogens with one attached hydrogen (secondary N) is 1. The van der Waals surface area contributed by atoms with Crippen molar-refractivity contribution in [1.29, 1.82) is 0 Å². The number of benzene rings is 1. The van der Waals surface area contributed by atoms with Crippen LogP contribution in [0.15, 0.2) is 34.5 Å². The molecule has 0 spiro atoms. The maximum atomic E-state index is 12.7. The van der Waals surface area contributed by atoms with E-state index in [1.54, 1.807) is 12.1 Å². The number of carbonyl (C=O) groups is 1. The van der Waals surface area contributed by atoms with Gasteiger partial charge in [0.25, 0.3) is 0 Å². The van der Waals surface area contributed by atoms with E-state index in [1.807, 2.05) is 12.3 Å². The largest absolute Gasteiger partial charge is 0.301 e. The predicted molar refractivity (Wildman–Crippen MR) is 72.6 cm³/mol. The molecular weight excluding hydrogens is 271 g/mol. The van der Waals surface area contributed by atoms with E-state index in [0.29, 0.717) is 5.13 Å². The van der Waals surface area contributed by atoms with Crippen molar-refractivity contribution in [2.75, 3.05) is 11.1 Å². The van der Waals surface area contributed by atoms with Crippen molar-refractivity contribution in [1.82, 2.24) is 4.98 Å². The second-order valence-corrected chi connectivity index (χ2v) is 5.49. The van der Waals surface area contributed by atoms with Gasteiger partial charge in [-0.15, -0.1) is 23.1 Å². The average Bonchev–Trinajstić information content (AvgIpc) is 2.74. The highest BCUT2D eigenvalue weighted by atomic mass is 32.2. The molecule has 0 saturated carbocycles. The molecule has 0 saturated heterocycles. The molecule has 94 valence electrons. The molecule has 1 aromatic carbocycles. The number of aromatic nitrogens is 1. The monoisotopic (exact) mass is 282 g/mol. The first-order valence-corrected chi connectivity index (χ1v) is 7.10. The van der Waals surface area contributed by atoms with Crippen molar-refractivity contribution in [3.63, 3.8) is 0 Å². The van der Waals surface area contributed by atoms with Gasteiger partial charge in [-0.25, -0.2) is 9.37 Å². The van der Waals surface area contributed by atoms with Crippen LogP contribution in [-0.2, 0) is 4.79 Å². The summed E-state index contributed by atoms with van der Waals surface area (Å²) in [7, 11) is 0. The van der Waals surface area contributed by atoms with Crippen LogP contribution in [0.3, 0.4) is 0 Å². The van der Waals surface area contributed by atoms with Gasteiger partial charge in [0.2, 0.25) is 5.91 Å². The van der Waals surface area contributed by atoms with Gasteiger partial charge in [-0.1, -0.05) is 0 Å². The topological polar surface area (TPSA) is 42.0 Å². The Morgan fingerprint density at radius 1 is 1.44 bits per heavy atom. The molecule has 0 fully saturated rings. The Balaban J connectivity index is 1.83. The van der Waals surface area contributed by atoms with E-state index in [1.165, 1.54) is 35.2 Å². The number of carbonyl (C=O) groups excluding carboxylic acids is 1. The van der Waals surface area contributed by atoms with E-state index in [2.05, 4.69) is 10.3 Å². The number of thiazole rings is 1. The molecule has 0 unspecified atom stereocenters. The molecule has 6 heteroatoms. The van der Waals surface area contributed by atoms with Crippen LogP contribution in [-0.4, -0.2) is 16.6 Å². The zero-order valence-electron chi connectivity index (χ0n) is 9.64. The van der Waals surface area contributed by atoms with Gasteiger partial charge in [0.05, 0.1) is 11.4 Å². The van der Waals surface area contributed by atoms with Crippen LogP contribution in [0.5, 0.6) is 0 Å². The van der Waals surface area contributed by atoms with Gasteiger partial charge in [-0.3, -0.25) is 4.79 Å². The van der Waals surface area contributed by atoms with E-state index >= 15 is 0 Å². The highest BCUT2D eigenvalue weighted by Crippen LogP contribution is 2.19. The number of hydrogen-bond donors (Lipinski definition) is 1. The van der Waals surface area contributed by atoms with Crippen molar-refractivity contribution in [3.05, 3.63) is 41.2 Å². The minimum atomic E-state index is -0.276. The minimum absolute atomic E-state index is 0.112. The van der Waals surface area contributed by atoms with Crippen molar-refractivity contribution in [2.24, 2.45) is 0 Å². The molecule has 2 aromatic rings. The van der Waals surface area contributed by atoms with E-state index in [-0.39, 0.29) is 17.5 Å². The van der Waals surface area contributed by atoms with Gasteiger partial charge in [-0.05, 0) is 31.2 Å². The minimum Gasteiger partial charge on any atom is -0.301 e. The number of hydrogen-bond acceptors (Lipinski definition) is 4. The zero-order valence-corrected chi connectivity index (χ0v) is 11.3. The van der Waals surface area contributed by atoms with Crippen LogP contribution in [0.1, 0.15) is 5.69 Å². The van der Waals surface area contributed by atoms with Crippen LogP contribution in [0.4, 0.5) is 9.52 Å². The number of rotatable bonds is 4. The number of anilines is 1. The molecule has 18 heavy (non-hydrogen) atoms. The third-order valence-corrected chi connectivity index (χ3v) is 3.94. The van der Waals surface area contributed by atoms with Crippen molar-refractivity contribution < 1.29 is 9.18 Å². The third kappa shape index (κ3) is 3.82. The summed E-state index contributed by atoms with van der Waals surface area (Å²) in [6.45, 7) is 1.87. The second kappa shape index (κ2) is 5.97. The predicted octanol–water partition coefficient (Wildman–Crippen LogP) is 3.32. The number of amides is 1. The molecule has 0 aliphatic carbocycles. The third-order valence-electron chi connectivity index (χ3n) is 2.05. The quantitative estimate of drug-likeness (QED) is 0.875. The first-order valence-electron chi connectivity index (χ1n) is 5.24. The zero-order chi connectivity index (χ0) is 13.0. The number of thioether (sulfide) groups is 1. The Bertz CT molecular complexity index is 539. The smallest absolute Gasteiger partial charge is 0.236 e. The fraction of sp³-hybridized carbons (Fsp3) is 0.167. The van der Waals surface area contributed by atoms with Crippen molar-refractivity contribution >= 4 is 34.1 Å². The summed E-state index contributed by atoms with van der Waals surface area (Å²) in [4.78, 5) is 16.6. The fourth-order valence-corrected chi connectivity index (χ4v) is 2.65. The van der Waals surface area contributed by atoms with Crippen LogP contribution in [0, 0.1) is 12.7 Å². The maximum Gasteiger partial charge on any atom is 0.236 e. The first kappa shape index (κ1) is 13.0. The molecule has 0 aliphatic rings. The number of halogens is 1.